The molecule has 3 aromatic carbocycles. The van der Waals surface area contributed by atoms with Crippen LogP contribution in [0.4, 0.5) is 17.1 Å². The Labute approximate surface area is 227 Å². The largest absolute Gasteiger partial charge is 0.395 e. The van der Waals surface area contributed by atoms with Crippen LogP contribution in [-0.2, 0) is 0 Å². The third-order valence-electron chi connectivity index (χ3n) is 6.42. The summed E-state index contributed by atoms with van der Waals surface area (Å²) in [5, 5.41) is 19.5. The lowest BCUT2D eigenvalue weighted by Gasteiger charge is -2.25. The van der Waals surface area contributed by atoms with Crippen LogP contribution in [0.2, 0.25) is 5.02 Å². The molecule has 38 heavy (non-hydrogen) atoms. The zero-order chi connectivity index (χ0) is 26.8. The molecule has 0 radical (unpaired) electrons. The summed E-state index contributed by atoms with van der Waals surface area (Å²) in [5.41, 5.74) is 6.69. The van der Waals surface area contributed by atoms with Crippen molar-refractivity contribution in [2.45, 2.75) is 13.8 Å². The van der Waals surface area contributed by atoms with Crippen LogP contribution in [0.3, 0.4) is 0 Å². The Bertz CT molecular complexity index is 1530. The highest BCUT2D eigenvalue weighted by molar-refractivity contribution is 6.56. The summed E-state index contributed by atoms with van der Waals surface area (Å²) < 4.78 is 0. The van der Waals surface area contributed by atoms with Crippen molar-refractivity contribution in [1.82, 2.24) is 14.9 Å². The van der Waals surface area contributed by atoms with Gasteiger partial charge in [-0.1, -0.05) is 53.6 Å². The average molecular weight is 528 g/mol. The number of fused-ring (bicyclic) bond motifs is 1. The van der Waals surface area contributed by atoms with Gasteiger partial charge in [-0.2, -0.15) is 0 Å². The number of rotatable bonds is 8. The minimum atomic E-state index is 0.0890. The van der Waals surface area contributed by atoms with Gasteiger partial charge in [-0.05, 0) is 44.2 Å². The summed E-state index contributed by atoms with van der Waals surface area (Å²) in [6.07, 6.45) is 0. The van der Waals surface area contributed by atoms with Crippen LogP contribution in [-0.4, -0.2) is 65.2 Å². The molecule has 4 aromatic rings. The molecule has 8 nitrogen and oxygen atoms in total. The summed E-state index contributed by atoms with van der Waals surface area (Å²) in [5.74, 6) is 1.14. The molecule has 1 N–H and O–H groups in total. The van der Waals surface area contributed by atoms with Gasteiger partial charge in [-0.15, -0.1) is 15.0 Å². The maximum Gasteiger partial charge on any atom is 0.204 e. The molecule has 1 aliphatic rings. The Morgan fingerprint density at radius 1 is 1.03 bits per heavy atom. The highest BCUT2D eigenvalue weighted by Gasteiger charge is 2.30. The Morgan fingerprint density at radius 2 is 1.82 bits per heavy atom. The summed E-state index contributed by atoms with van der Waals surface area (Å²) in [4.78, 5) is 15.7. The molecule has 0 amide bonds. The molecule has 194 valence electrons. The summed E-state index contributed by atoms with van der Waals surface area (Å²) >= 11 is 6.64. The van der Waals surface area contributed by atoms with Gasteiger partial charge < -0.3 is 14.9 Å². The van der Waals surface area contributed by atoms with E-state index in [9.17, 15) is 5.11 Å². The fourth-order valence-corrected chi connectivity index (χ4v) is 4.66. The van der Waals surface area contributed by atoms with Gasteiger partial charge in [0.2, 0.25) is 5.82 Å². The second kappa shape index (κ2) is 10.8. The standard InChI is InChI=1S/C29H30ClN7O/c1-5-36(15-16-38)21-12-14-24(25(18-21)35(3)4)31-27-26(22-17-19(2)11-13-23(22)30)33-37-29(27)32-28(34-37)20-9-7-6-8-10-20/h6-14,17-18,38H,5,15-16H2,1-4H3/b31-27-. The lowest BCUT2D eigenvalue weighted by Crippen LogP contribution is -2.26. The van der Waals surface area contributed by atoms with Crippen LogP contribution < -0.4 is 9.80 Å². The molecule has 0 saturated heterocycles. The molecule has 5 rings (SSSR count). The van der Waals surface area contributed by atoms with Crippen molar-refractivity contribution in [1.29, 1.82) is 0 Å². The van der Waals surface area contributed by atoms with Gasteiger partial charge in [0.25, 0.3) is 0 Å². The maximum absolute atomic E-state index is 9.50. The van der Waals surface area contributed by atoms with E-state index in [2.05, 4.69) is 23.0 Å². The first-order chi connectivity index (χ1) is 18.4. The molecule has 0 aliphatic carbocycles. The number of hydrogen-bond donors (Lipinski definition) is 1. The third kappa shape index (κ3) is 4.92. The third-order valence-corrected chi connectivity index (χ3v) is 6.75. The second-order valence-corrected chi connectivity index (χ2v) is 9.68. The fourth-order valence-electron chi connectivity index (χ4n) is 4.46. The number of benzene rings is 3. The minimum Gasteiger partial charge on any atom is -0.395 e. The zero-order valence-corrected chi connectivity index (χ0v) is 22.7. The molecule has 0 fully saturated rings. The van der Waals surface area contributed by atoms with E-state index in [1.165, 1.54) is 0 Å². The van der Waals surface area contributed by atoms with Crippen LogP contribution in [0.1, 0.15) is 23.9 Å². The predicted molar refractivity (Wildman–Crippen MR) is 156 cm³/mol. The lowest BCUT2D eigenvalue weighted by molar-refractivity contribution is 0.302. The van der Waals surface area contributed by atoms with Crippen molar-refractivity contribution in [3.05, 3.63) is 88.7 Å². The first-order valence-corrected chi connectivity index (χ1v) is 12.9. The van der Waals surface area contributed by atoms with Crippen molar-refractivity contribution in [2.75, 3.05) is 43.6 Å². The van der Waals surface area contributed by atoms with Crippen LogP contribution in [0.15, 0.2) is 76.8 Å². The van der Waals surface area contributed by atoms with Crippen molar-refractivity contribution in [3.63, 3.8) is 0 Å². The summed E-state index contributed by atoms with van der Waals surface area (Å²) in [7, 11) is 3.98. The average Bonchev–Trinajstić information content (AvgIpc) is 3.48. The number of anilines is 2. The van der Waals surface area contributed by atoms with Gasteiger partial charge in [0, 0.05) is 44.0 Å². The van der Waals surface area contributed by atoms with E-state index in [1.54, 1.807) is 4.79 Å². The number of nitrogens with zero attached hydrogens (tertiary/aromatic N) is 7. The van der Waals surface area contributed by atoms with E-state index < -0.39 is 0 Å². The Morgan fingerprint density at radius 3 is 2.53 bits per heavy atom. The van der Waals surface area contributed by atoms with E-state index in [-0.39, 0.29) is 6.61 Å². The van der Waals surface area contributed by atoms with Gasteiger partial charge in [0.05, 0.1) is 23.0 Å². The number of aryl methyl sites for hydroxylation is 1. The van der Waals surface area contributed by atoms with Gasteiger partial charge in [-0.3, -0.25) is 0 Å². The number of aliphatic hydroxyl groups is 1. The van der Waals surface area contributed by atoms with Crippen molar-refractivity contribution in [3.8, 4) is 11.4 Å². The molecule has 0 spiro atoms. The molecule has 0 saturated carbocycles. The smallest absolute Gasteiger partial charge is 0.204 e. The van der Waals surface area contributed by atoms with Gasteiger partial charge in [0.15, 0.2) is 5.82 Å². The number of halogens is 1. The zero-order valence-electron chi connectivity index (χ0n) is 21.9. The van der Waals surface area contributed by atoms with E-state index in [1.807, 2.05) is 86.6 Å². The van der Waals surface area contributed by atoms with E-state index in [4.69, 9.17) is 26.7 Å². The minimum absolute atomic E-state index is 0.0890. The number of aliphatic imine (C=N–C) groups is 1. The van der Waals surface area contributed by atoms with Crippen LogP contribution in [0, 0.1) is 6.92 Å². The summed E-state index contributed by atoms with van der Waals surface area (Å²) in [6.45, 7) is 5.53. The molecule has 0 bridgehead atoms. The van der Waals surface area contributed by atoms with Gasteiger partial charge in [0.1, 0.15) is 11.4 Å². The normalized spacial score (nSPS) is 13.5. The summed E-state index contributed by atoms with van der Waals surface area (Å²) in [6, 6.07) is 21.8. The molecule has 0 unspecified atom stereocenters. The molecular weight excluding hydrogens is 498 g/mol. The number of likely N-dealkylation sites (N-methyl/N-ethyl adjacent to an activating group) is 1. The second-order valence-electron chi connectivity index (χ2n) is 9.28. The van der Waals surface area contributed by atoms with Crippen molar-refractivity contribution >= 4 is 40.1 Å². The van der Waals surface area contributed by atoms with Gasteiger partial charge in [-0.25, -0.2) is 9.98 Å². The molecule has 1 aromatic heterocycles. The SMILES string of the molecule is CCN(CCO)c1ccc(/N=C2/C(c3cc(C)ccc3Cl)=Nn3nc(-c4ccccc4)nc32)c(N(C)C)c1. The first kappa shape index (κ1) is 25.6. The topological polar surface area (TPSA) is 82.1 Å². The molecule has 0 atom stereocenters. The maximum atomic E-state index is 9.50. The van der Waals surface area contributed by atoms with Crippen molar-refractivity contribution < 1.29 is 5.11 Å². The monoisotopic (exact) mass is 527 g/mol. The Hall–Kier alpha value is -4.01. The lowest BCUT2D eigenvalue weighted by atomic mass is 10.0. The predicted octanol–water partition coefficient (Wildman–Crippen LogP) is 5.18. The van der Waals surface area contributed by atoms with E-state index in [0.29, 0.717) is 34.6 Å². The van der Waals surface area contributed by atoms with Crippen LogP contribution in [0.25, 0.3) is 11.4 Å². The number of aromatic nitrogens is 3. The molecule has 2 heterocycles. The number of aliphatic hydroxyl groups excluding tert-OH is 1. The molecule has 9 heteroatoms. The Balaban J connectivity index is 1.67. The van der Waals surface area contributed by atoms with Crippen LogP contribution in [0.5, 0.6) is 0 Å². The highest BCUT2D eigenvalue weighted by Crippen LogP contribution is 2.34. The van der Waals surface area contributed by atoms with E-state index >= 15 is 0 Å². The van der Waals surface area contributed by atoms with Gasteiger partial charge >= 0.3 is 0 Å². The highest BCUT2D eigenvalue weighted by atomic mass is 35.5. The fraction of sp³-hybridized carbons (Fsp3) is 0.241. The molecular formula is C29H30ClN7O. The quantitative estimate of drug-likeness (QED) is 0.341. The van der Waals surface area contributed by atoms with Crippen LogP contribution >= 0.6 is 11.6 Å². The van der Waals surface area contributed by atoms with Crippen molar-refractivity contribution in [2.24, 2.45) is 10.1 Å². The first-order valence-electron chi connectivity index (χ1n) is 12.5. The van der Waals surface area contributed by atoms with E-state index in [0.717, 1.165) is 40.3 Å². The Kier molecular flexibility index (Phi) is 7.26. The molecule has 1 aliphatic heterocycles. The number of hydrogen-bond acceptors (Lipinski definition) is 7.